The fourth-order valence-electron chi connectivity index (χ4n) is 2.23. The van der Waals surface area contributed by atoms with Crippen LogP contribution in [0.25, 0.3) is 0 Å². The van der Waals surface area contributed by atoms with Crippen LogP contribution in [0.5, 0.6) is 0 Å². The molecule has 2 heteroatoms. The predicted molar refractivity (Wildman–Crippen MR) is 59.0 cm³/mol. The van der Waals surface area contributed by atoms with Crippen LogP contribution in [-0.4, -0.2) is 23.4 Å². The van der Waals surface area contributed by atoms with Gasteiger partial charge in [-0.1, -0.05) is 27.7 Å². The Balaban J connectivity index is 2.53. The Morgan fingerprint density at radius 2 is 1.93 bits per heavy atom. The molecule has 0 bridgehead atoms. The molecule has 1 heterocycles. The first-order chi connectivity index (χ1) is 6.50. The third kappa shape index (κ3) is 3.00. The first kappa shape index (κ1) is 11.5. The molecule has 1 amide bonds. The number of amides is 1. The van der Waals surface area contributed by atoms with Crippen molar-refractivity contribution >= 4 is 5.91 Å². The molecular weight excluding hydrogens is 174 g/mol. The summed E-state index contributed by atoms with van der Waals surface area (Å²) in [6.45, 7) is 9.76. The monoisotopic (exact) mass is 197 g/mol. The van der Waals surface area contributed by atoms with Gasteiger partial charge < -0.3 is 4.90 Å². The summed E-state index contributed by atoms with van der Waals surface area (Å²) in [7, 11) is 0. The van der Waals surface area contributed by atoms with E-state index in [0.29, 0.717) is 23.8 Å². The van der Waals surface area contributed by atoms with Crippen LogP contribution in [0.15, 0.2) is 0 Å². The summed E-state index contributed by atoms with van der Waals surface area (Å²) in [5.41, 5.74) is 0. The minimum Gasteiger partial charge on any atom is -0.339 e. The summed E-state index contributed by atoms with van der Waals surface area (Å²) < 4.78 is 0. The SMILES string of the molecule is CC(C)CC1CCC(=O)N1CC(C)C. The Kier molecular flexibility index (Phi) is 3.97. The lowest BCUT2D eigenvalue weighted by Gasteiger charge is -2.27. The quantitative estimate of drug-likeness (QED) is 0.678. The van der Waals surface area contributed by atoms with E-state index in [0.717, 1.165) is 19.4 Å². The van der Waals surface area contributed by atoms with E-state index in [1.165, 1.54) is 6.42 Å². The van der Waals surface area contributed by atoms with Crippen molar-refractivity contribution in [1.82, 2.24) is 4.90 Å². The molecule has 1 unspecified atom stereocenters. The Morgan fingerprint density at radius 3 is 2.43 bits per heavy atom. The minimum absolute atomic E-state index is 0.365. The lowest BCUT2D eigenvalue weighted by Crippen LogP contribution is -2.36. The second-order valence-corrected chi connectivity index (χ2v) is 5.26. The second kappa shape index (κ2) is 4.81. The molecule has 0 N–H and O–H groups in total. The van der Waals surface area contributed by atoms with Crippen molar-refractivity contribution in [3.05, 3.63) is 0 Å². The largest absolute Gasteiger partial charge is 0.339 e. The maximum atomic E-state index is 11.6. The fraction of sp³-hybridized carbons (Fsp3) is 0.917. The van der Waals surface area contributed by atoms with Gasteiger partial charge in [0.15, 0.2) is 0 Å². The van der Waals surface area contributed by atoms with Gasteiger partial charge in [0, 0.05) is 19.0 Å². The van der Waals surface area contributed by atoms with Crippen molar-refractivity contribution in [1.29, 1.82) is 0 Å². The molecule has 2 nitrogen and oxygen atoms in total. The number of hydrogen-bond donors (Lipinski definition) is 0. The fourth-order valence-corrected chi connectivity index (χ4v) is 2.23. The molecule has 0 radical (unpaired) electrons. The Hall–Kier alpha value is -0.530. The molecule has 1 aliphatic heterocycles. The highest BCUT2D eigenvalue weighted by Crippen LogP contribution is 2.25. The average Bonchev–Trinajstić information content (AvgIpc) is 2.34. The maximum Gasteiger partial charge on any atom is 0.222 e. The van der Waals surface area contributed by atoms with E-state index in [9.17, 15) is 4.79 Å². The van der Waals surface area contributed by atoms with E-state index < -0.39 is 0 Å². The van der Waals surface area contributed by atoms with Crippen molar-refractivity contribution < 1.29 is 4.79 Å². The summed E-state index contributed by atoms with van der Waals surface area (Å²) in [4.78, 5) is 13.7. The Morgan fingerprint density at radius 1 is 1.29 bits per heavy atom. The van der Waals surface area contributed by atoms with Gasteiger partial charge in [0.25, 0.3) is 0 Å². The maximum absolute atomic E-state index is 11.6. The topological polar surface area (TPSA) is 20.3 Å². The smallest absolute Gasteiger partial charge is 0.222 e. The molecule has 1 rings (SSSR count). The molecule has 1 fully saturated rings. The van der Waals surface area contributed by atoms with E-state index in [-0.39, 0.29) is 0 Å². The van der Waals surface area contributed by atoms with E-state index in [2.05, 4.69) is 32.6 Å². The van der Waals surface area contributed by atoms with Gasteiger partial charge in [0.2, 0.25) is 5.91 Å². The first-order valence-corrected chi connectivity index (χ1v) is 5.80. The van der Waals surface area contributed by atoms with Gasteiger partial charge in [0.1, 0.15) is 0 Å². The van der Waals surface area contributed by atoms with E-state index >= 15 is 0 Å². The molecule has 0 aromatic heterocycles. The molecule has 1 saturated heterocycles. The molecule has 0 saturated carbocycles. The predicted octanol–water partition coefficient (Wildman–Crippen LogP) is 2.68. The van der Waals surface area contributed by atoms with Crippen LogP contribution in [-0.2, 0) is 4.79 Å². The van der Waals surface area contributed by atoms with Crippen molar-refractivity contribution in [2.75, 3.05) is 6.54 Å². The number of nitrogens with zero attached hydrogens (tertiary/aromatic N) is 1. The van der Waals surface area contributed by atoms with Crippen LogP contribution in [0, 0.1) is 11.8 Å². The third-order valence-corrected chi connectivity index (χ3v) is 2.76. The highest BCUT2D eigenvalue weighted by atomic mass is 16.2. The summed E-state index contributed by atoms with van der Waals surface area (Å²) in [6.07, 6.45) is 3.01. The van der Waals surface area contributed by atoms with Crippen molar-refractivity contribution in [3.8, 4) is 0 Å². The standard InChI is InChI=1S/C12H23NO/c1-9(2)7-11-5-6-12(14)13(11)8-10(3)4/h9-11H,5-8H2,1-4H3. The van der Waals surface area contributed by atoms with Crippen LogP contribution in [0.2, 0.25) is 0 Å². The van der Waals surface area contributed by atoms with E-state index in [4.69, 9.17) is 0 Å². The zero-order chi connectivity index (χ0) is 10.7. The minimum atomic E-state index is 0.365. The summed E-state index contributed by atoms with van der Waals surface area (Å²) in [5, 5.41) is 0. The van der Waals surface area contributed by atoms with Crippen LogP contribution >= 0.6 is 0 Å². The number of hydrogen-bond acceptors (Lipinski definition) is 1. The van der Waals surface area contributed by atoms with Crippen LogP contribution in [0.1, 0.15) is 47.0 Å². The van der Waals surface area contributed by atoms with E-state index in [1.54, 1.807) is 0 Å². The molecule has 0 aromatic rings. The first-order valence-electron chi connectivity index (χ1n) is 5.80. The number of carbonyl (C=O) groups is 1. The van der Waals surface area contributed by atoms with Crippen molar-refractivity contribution in [3.63, 3.8) is 0 Å². The zero-order valence-corrected chi connectivity index (χ0v) is 9.92. The van der Waals surface area contributed by atoms with Crippen LogP contribution in [0.4, 0.5) is 0 Å². The second-order valence-electron chi connectivity index (χ2n) is 5.26. The average molecular weight is 197 g/mol. The third-order valence-electron chi connectivity index (χ3n) is 2.76. The van der Waals surface area contributed by atoms with Crippen LogP contribution < -0.4 is 0 Å². The molecule has 1 aliphatic rings. The summed E-state index contributed by atoms with van der Waals surface area (Å²) in [5.74, 6) is 1.65. The van der Waals surface area contributed by atoms with Gasteiger partial charge in [-0.3, -0.25) is 4.79 Å². The Labute approximate surface area is 87.7 Å². The lowest BCUT2D eigenvalue weighted by atomic mass is 10.0. The van der Waals surface area contributed by atoms with Gasteiger partial charge in [-0.25, -0.2) is 0 Å². The summed E-state index contributed by atoms with van der Waals surface area (Å²) in [6, 6.07) is 0.518. The molecule has 14 heavy (non-hydrogen) atoms. The molecule has 0 aliphatic carbocycles. The van der Waals surface area contributed by atoms with Gasteiger partial charge in [-0.15, -0.1) is 0 Å². The van der Waals surface area contributed by atoms with E-state index in [1.807, 2.05) is 0 Å². The molecule has 0 aromatic carbocycles. The Bertz CT molecular complexity index is 198. The van der Waals surface area contributed by atoms with Crippen molar-refractivity contribution in [2.45, 2.75) is 53.0 Å². The zero-order valence-electron chi connectivity index (χ0n) is 9.92. The molecular formula is C12H23NO. The highest BCUT2D eigenvalue weighted by molar-refractivity contribution is 5.78. The number of rotatable bonds is 4. The summed E-state index contributed by atoms with van der Waals surface area (Å²) >= 11 is 0. The van der Waals surface area contributed by atoms with Gasteiger partial charge in [0.05, 0.1) is 0 Å². The molecule has 82 valence electrons. The van der Waals surface area contributed by atoms with Crippen LogP contribution in [0.3, 0.4) is 0 Å². The van der Waals surface area contributed by atoms with Gasteiger partial charge in [-0.05, 0) is 24.7 Å². The lowest BCUT2D eigenvalue weighted by molar-refractivity contribution is -0.129. The highest BCUT2D eigenvalue weighted by Gasteiger charge is 2.31. The molecule has 0 spiro atoms. The van der Waals surface area contributed by atoms with Gasteiger partial charge in [-0.2, -0.15) is 0 Å². The van der Waals surface area contributed by atoms with Gasteiger partial charge >= 0.3 is 0 Å². The molecule has 1 atom stereocenters. The number of likely N-dealkylation sites (tertiary alicyclic amines) is 1. The normalized spacial score (nSPS) is 22.9. The van der Waals surface area contributed by atoms with Crippen molar-refractivity contribution in [2.24, 2.45) is 11.8 Å². The number of carbonyl (C=O) groups excluding carboxylic acids is 1.